The average molecular weight is 316 g/mol. The number of anilines is 1. The summed E-state index contributed by atoms with van der Waals surface area (Å²) in [6, 6.07) is 8.14. The van der Waals surface area contributed by atoms with E-state index < -0.39 is 0 Å². The number of piperidine rings is 2. The molecule has 124 valence electrons. The zero-order valence-corrected chi connectivity index (χ0v) is 13.3. The van der Waals surface area contributed by atoms with Gasteiger partial charge in [0.2, 0.25) is 11.8 Å². The molecule has 0 spiro atoms. The van der Waals surface area contributed by atoms with Gasteiger partial charge in [0, 0.05) is 31.8 Å². The first-order valence-electron chi connectivity index (χ1n) is 8.47. The zero-order valence-electron chi connectivity index (χ0n) is 13.3. The Morgan fingerprint density at radius 3 is 2.65 bits per heavy atom. The summed E-state index contributed by atoms with van der Waals surface area (Å²) >= 11 is 0. The van der Waals surface area contributed by atoms with E-state index in [4.69, 9.17) is 5.11 Å². The van der Waals surface area contributed by atoms with Crippen molar-refractivity contribution in [3.05, 3.63) is 29.8 Å². The lowest BCUT2D eigenvalue weighted by molar-refractivity contribution is -0.134. The molecule has 2 aliphatic heterocycles. The van der Waals surface area contributed by atoms with Crippen LogP contribution in [0.4, 0.5) is 5.69 Å². The Morgan fingerprint density at radius 2 is 1.96 bits per heavy atom. The summed E-state index contributed by atoms with van der Waals surface area (Å²) in [5.74, 6) is 0.0440. The minimum absolute atomic E-state index is 0.173. The summed E-state index contributed by atoms with van der Waals surface area (Å²) in [6.45, 7) is 2.25. The molecular weight excluding hydrogens is 292 g/mol. The molecule has 0 bridgehead atoms. The predicted octanol–water partition coefficient (Wildman–Crippen LogP) is 1.81. The maximum Gasteiger partial charge on any atom is 0.234 e. The van der Waals surface area contributed by atoms with Crippen LogP contribution < -0.4 is 10.2 Å². The summed E-state index contributed by atoms with van der Waals surface area (Å²) in [5, 5.41) is 11.5. The minimum atomic E-state index is -0.223. The van der Waals surface area contributed by atoms with Gasteiger partial charge in [-0.15, -0.1) is 0 Å². The molecule has 1 aromatic carbocycles. The van der Waals surface area contributed by atoms with Gasteiger partial charge in [-0.2, -0.15) is 0 Å². The summed E-state index contributed by atoms with van der Waals surface area (Å²) < 4.78 is 0. The number of carbonyl (C=O) groups excluding carboxylic acids is 2. The van der Waals surface area contributed by atoms with Crippen molar-refractivity contribution in [2.45, 2.75) is 38.0 Å². The van der Waals surface area contributed by atoms with Crippen LogP contribution in [0.15, 0.2) is 24.3 Å². The molecule has 1 atom stereocenters. The first kappa shape index (κ1) is 16.0. The molecule has 2 heterocycles. The quantitative estimate of drug-likeness (QED) is 0.831. The first-order chi connectivity index (χ1) is 11.2. The Kier molecular flexibility index (Phi) is 4.96. The average Bonchev–Trinajstić information content (AvgIpc) is 2.56. The molecule has 2 saturated heterocycles. The Balaban J connectivity index is 1.68. The van der Waals surface area contributed by atoms with Crippen molar-refractivity contribution in [3.63, 3.8) is 0 Å². The SMILES string of the molecule is O=C1CCC(c2cccc(N3CCC(CCO)CC3)c2)C(=O)N1. The van der Waals surface area contributed by atoms with Gasteiger partial charge in [-0.25, -0.2) is 0 Å². The lowest BCUT2D eigenvalue weighted by Gasteiger charge is -2.34. The molecule has 1 aromatic rings. The summed E-state index contributed by atoms with van der Waals surface area (Å²) in [7, 11) is 0. The van der Waals surface area contributed by atoms with Crippen LogP contribution in [0.25, 0.3) is 0 Å². The second kappa shape index (κ2) is 7.13. The molecule has 0 saturated carbocycles. The normalized spacial score (nSPS) is 23.0. The van der Waals surface area contributed by atoms with Crippen LogP contribution in [0.1, 0.15) is 43.6 Å². The van der Waals surface area contributed by atoms with E-state index in [0.717, 1.165) is 43.6 Å². The molecule has 2 N–H and O–H groups in total. The Labute approximate surface area is 136 Å². The van der Waals surface area contributed by atoms with Crippen molar-refractivity contribution in [1.29, 1.82) is 0 Å². The van der Waals surface area contributed by atoms with Crippen molar-refractivity contribution in [2.24, 2.45) is 5.92 Å². The number of aliphatic hydroxyl groups excluding tert-OH is 1. The third kappa shape index (κ3) is 3.72. The second-order valence-corrected chi connectivity index (χ2v) is 6.54. The third-order valence-corrected chi connectivity index (χ3v) is 5.03. The highest BCUT2D eigenvalue weighted by molar-refractivity contribution is 6.01. The molecule has 5 nitrogen and oxygen atoms in total. The van der Waals surface area contributed by atoms with Crippen LogP contribution in [0, 0.1) is 5.92 Å². The minimum Gasteiger partial charge on any atom is -0.396 e. The standard InChI is InChI=1S/C18H24N2O3/c21-11-8-13-6-9-20(10-7-13)15-3-1-2-14(12-15)16-4-5-17(22)19-18(16)23/h1-3,12-13,16,21H,4-11H2,(H,19,22,23). The fourth-order valence-corrected chi connectivity index (χ4v) is 3.61. The number of amides is 2. The van der Waals surface area contributed by atoms with Crippen LogP contribution in [0.2, 0.25) is 0 Å². The molecule has 1 unspecified atom stereocenters. The van der Waals surface area contributed by atoms with Crippen LogP contribution >= 0.6 is 0 Å². The largest absolute Gasteiger partial charge is 0.396 e. The van der Waals surface area contributed by atoms with Gasteiger partial charge in [0.25, 0.3) is 0 Å². The molecule has 0 radical (unpaired) electrons. The second-order valence-electron chi connectivity index (χ2n) is 6.54. The molecule has 2 aliphatic rings. The monoisotopic (exact) mass is 316 g/mol. The van der Waals surface area contributed by atoms with E-state index in [2.05, 4.69) is 22.3 Å². The van der Waals surface area contributed by atoms with Crippen molar-refractivity contribution < 1.29 is 14.7 Å². The highest BCUT2D eigenvalue weighted by atomic mass is 16.3. The molecule has 2 fully saturated rings. The number of carbonyl (C=O) groups is 2. The van der Waals surface area contributed by atoms with Crippen LogP contribution in [-0.4, -0.2) is 36.6 Å². The number of imide groups is 1. The summed E-state index contributed by atoms with van der Waals surface area (Å²) in [6.07, 6.45) is 4.09. The molecule has 0 aliphatic carbocycles. The van der Waals surface area contributed by atoms with E-state index in [1.165, 1.54) is 0 Å². The molecular formula is C18H24N2O3. The van der Waals surface area contributed by atoms with Gasteiger partial charge in [0.15, 0.2) is 0 Å². The summed E-state index contributed by atoms with van der Waals surface area (Å²) in [5.41, 5.74) is 2.14. The van der Waals surface area contributed by atoms with Gasteiger partial charge in [-0.1, -0.05) is 12.1 Å². The van der Waals surface area contributed by atoms with E-state index in [1.54, 1.807) is 0 Å². The number of nitrogens with one attached hydrogen (secondary N) is 1. The van der Waals surface area contributed by atoms with Crippen molar-refractivity contribution in [1.82, 2.24) is 5.32 Å². The molecule has 5 heteroatoms. The molecule has 3 rings (SSSR count). The topological polar surface area (TPSA) is 69.6 Å². The maximum atomic E-state index is 12.0. The maximum absolute atomic E-state index is 12.0. The van der Waals surface area contributed by atoms with Gasteiger partial charge in [0.05, 0.1) is 5.92 Å². The van der Waals surface area contributed by atoms with Crippen LogP contribution in [-0.2, 0) is 9.59 Å². The van der Waals surface area contributed by atoms with E-state index in [-0.39, 0.29) is 24.3 Å². The Hall–Kier alpha value is -1.88. The summed E-state index contributed by atoms with van der Waals surface area (Å²) in [4.78, 5) is 25.7. The van der Waals surface area contributed by atoms with Gasteiger partial charge in [-0.05, 0) is 49.3 Å². The lowest BCUT2D eigenvalue weighted by atomic mass is 9.89. The Bertz CT molecular complexity index is 579. The van der Waals surface area contributed by atoms with Crippen LogP contribution in [0.3, 0.4) is 0 Å². The van der Waals surface area contributed by atoms with Gasteiger partial charge in [0.1, 0.15) is 0 Å². The van der Waals surface area contributed by atoms with E-state index in [0.29, 0.717) is 18.8 Å². The van der Waals surface area contributed by atoms with Crippen molar-refractivity contribution >= 4 is 17.5 Å². The highest BCUT2D eigenvalue weighted by Crippen LogP contribution is 2.30. The first-order valence-corrected chi connectivity index (χ1v) is 8.47. The zero-order chi connectivity index (χ0) is 16.2. The smallest absolute Gasteiger partial charge is 0.234 e. The fourth-order valence-electron chi connectivity index (χ4n) is 3.61. The predicted molar refractivity (Wildman–Crippen MR) is 88.2 cm³/mol. The van der Waals surface area contributed by atoms with Crippen molar-refractivity contribution in [2.75, 3.05) is 24.6 Å². The molecule has 0 aromatic heterocycles. The number of hydrogen-bond acceptors (Lipinski definition) is 4. The van der Waals surface area contributed by atoms with E-state index in [1.807, 2.05) is 12.1 Å². The van der Waals surface area contributed by atoms with Gasteiger partial charge in [-0.3, -0.25) is 14.9 Å². The van der Waals surface area contributed by atoms with Gasteiger partial charge < -0.3 is 10.0 Å². The Morgan fingerprint density at radius 1 is 1.17 bits per heavy atom. The number of hydrogen-bond donors (Lipinski definition) is 2. The number of rotatable bonds is 4. The van der Waals surface area contributed by atoms with E-state index >= 15 is 0 Å². The molecule has 23 heavy (non-hydrogen) atoms. The highest BCUT2D eigenvalue weighted by Gasteiger charge is 2.28. The lowest BCUT2D eigenvalue weighted by Crippen LogP contribution is -2.39. The van der Waals surface area contributed by atoms with Gasteiger partial charge >= 0.3 is 0 Å². The number of nitrogens with zero attached hydrogens (tertiary/aromatic N) is 1. The van der Waals surface area contributed by atoms with Crippen LogP contribution in [0.5, 0.6) is 0 Å². The van der Waals surface area contributed by atoms with Crippen molar-refractivity contribution in [3.8, 4) is 0 Å². The number of aliphatic hydroxyl groups is 1. The third-order valence-electron chi connectivity index (χ3n) is 5.03. The number of benzene rings is 1. The fraction of sp³-hybridized carbons (Fsp3) is 0.556. The molecule has 2 amide bonds. The van der Waals surface area contributed by atoms with E-state index in [9.17, 15) is 9.59 Å².